The van der Waals surface area contributed by atoms with Gasteiger partial charge >= 0.3 is 0 Å². The molecule has 0 aliphatic carbocycles. The Labute approximate surface area is 179 Å². The maximum atomic E-state index is 11.3. The van der Waals surface area contributed by atoms with Crippen molar-refractivity contribution in [2.24, 2.45) is 0 Å². The van der Waals surface area contributed by atoms with E-state index in [2.05, 4.69) is 35.8 Å². The first kappa shape index (κ1) is 21.1. The summed E-state index contributed by atoms with van der Waals surface area (Å²) in [5, 5.41) is 0. The normalized spacial score (nSPS) is 14.5. The lowest BCUT2D eigenvalue weighted by Gasteiger charge is -2.38. The smallest absolute Gasteiger partial charge is 0.160 e. The Morgan fingerprint density at radius 3 is 2.22 bits per heavy atom. The average Bonchev–Trinajstić information content (AvgIpc) is 3.25. The molecular weight excluding hydrogens is 440 g/mol. The Bertz CT molecular complexity index is 750. The molecule has 27 heavy (non-hydrogen) atoms. The third-order valence-electron chi connectivity index (χ3n) is 5.41. The summed E-state index contributed by atoms with van der Waals surface area (Å²) in [5.74, 6) is 0.912. The fourth-order valence-electron chi connectivity index (χ4n) is 3.99. The van der Waals surface area contributed by atoms with Gasteiger partial charge in [-0.25, -0.2) is 0 Å². The van der Waals surface area contributed by atoms with Crippen molar-refractivity contribution in [2.45, 2.75) is 83.7 Å². The minimum Gasteiger partial charge on any atom is -0.481 e. The number of thiophene rings is 2. The van der Waals surface area contributed by atoms with Crippen LogP contribution in [-0.4, -0.2) is 6.29 Å². The predicted molar refractivity (Wildman–Crippen MR) is 121 cm³/mol. The molecule has 5 heteroatoms. The van der Waals surface area contributed by atoms with Gasteiger partial charge in [-0.1, -0.05) is 52.4 Å². The van der Waals surface area contributed by atoms with Gasteiger partial charge in [-0.3, -0.25) is 4.79 Å². The van der Waals surface area contributed by atoms with Gasteiger partial charge in [-0.05, 0) is 47.7 Å². The molecule has 0 radical (unpaired) electrons. The van der Waals surface area contributed by atoms with E-state index in [-0.39, 0.29) is 5.60 Å². The number of aldehydes is 1. The first-order valence-electron chi connectivity index (χ1n) is 10.2. The molecule has 3 rings (SSSR count). The summed E-state index contributed by atoms with van der Waals surface area (Å²) in [4.78, 5) is 14.5. The highest BCUT2D eigenvalue weighted by Crippen LogP contribution is 2.56. The number of hydrogen-bond donors (Lipinski definition) is 0. The molecule has 0 spiro atoms. The van der Waals surface area contributed by atoms with Crippen LogP contribution in [0.2, 0.25) is 0 Å². The molecule has 1 aliphatic heterocycles. The average molecular weight is 470 g/mol. The van der Waals surface area contributed by atoms with Crippen molar-refractivity contribution in [3.05, 3.63) is 26.4 Å². The van der Waals surface area contributed by atoms with E-state index >= 15 is 0 Å². The Kier molecular flexibility index (Phi) is 7.57. The summed E-state index contributed by atoms with van der Waals surface area (Å²) in [5.41, 5.74) is 1.09. The molecule has 0 fully saturated rings. The van der Waals surface area contributed by atoms with E-state index in [1.54, 1.807) is 22.7 Å². The van der Waals surface area contributed by atoms with Crippen LogP contribution in [-0.2, 0) is 5.60 Å². The van der Waals surface area contributed by atoms with Crippen molar-refractivity contribution in [1.29, 1.82) is 0 Å². The number of halogens is 1. The second kappa shape index (κ2) is 9.71. The number of unbranched alkanes of at least 4 members (excludes halogenated alkanes) is 6. The maximum absolute atomic E-state index is 11.3. The van der Waals surface area contributed by atoms with Crippen molar-refractivity contribution in [1.82, 2.24) is 0 Å². The van der Waals surface area contributed by atoms with Crippen LogP contribution in [0.25, 0.3) is 9.75 Å². The molecule has 0 bridgehead atoms. The zero-order valence-corrected chi connectivity index (χ0v) is 19.5. The Morgan fingerprint density at radius 2 is 1.63 bits per heavy atom. The third kappa shape index (κ3) is 4.68. The van der Waals surface area contributed by atoms with Crippen LogP contribution >= 0.6 is 38.6 Å². The van der Waals surface area contributed by atoms with Crippen LogP contribution in [0, 0.1) is 0 Å². The fraction of sp³-hybridized carbons (Fsp3) is 0.591. The van der Waals surface area contributed by atoms with E-state index in [9.17, 15) is 4.79 Å². The molecule has 2 aromatic heterocycles. The number of fused-ring (bicyclic) bond motifs is 3. The second-order valence-corrected chi connectivity index (χ2v) is 11.0. The molecule has 0 saturated heterocycles. The number of carbonyl (C=O) groups is 1. The summed E-state index contributed by atoms with van der Waals surface area (Å²) in [7, 11) is 0. The van der Waals surface area contributed by atoms with E-state index in [0.717, 1.165) is 38.4 Å². The topological polar surface area (TPSA) is 26.3 Å². The molecule has 0 atom stereocenters. The van der Waals surface area contributed by atoms with E-state index in [1.165, 1.54) is 61.8 Å². The summed E-state index contributed by atoms with van der Waals surface area (Å²) in [6, 6.07) is 4.21. The molecule has 2 aromatic rings. The molecule has 0 amide bonds. The molecule has 2 nitrogen and oxygen atoms in total. The zero-order chi connectivity index (χ0) is 19.3. The van der Waals surface area contributed by atoms with Crippen molar-refractivity contribution >= 4 is 44.9 Å². The van der Waals surface area contributed by atoms with Crippen LogP contribution in [0.5, 0.6) is 5.75 Å². The number of ether oxygens (including phenoxy) is 1. The minimum absolute atomic E-state index is 0.242. The Morgan fingerprint density at radius 1 is 0.963 bits per heavy atom. The van der Waals surface area contributed by atoms with Crippen molar-refractivity contribution in [2.75, 3.05) is 0 Å². The molecule has 148 valence electrons. The molecule has 0 aromatic carbocycles. The van der Waals surface area contributed by atoms with Crippen LogP contribution in [0.3, 0.4) is 0 Å². The highest BCUT2D eigenvalue weighted by molar-refractivity contribution is 9.11. The minimum atomic E-state index is -0.242. The number of hydrogen-bond acceptors (Lipinski definition) is 4. The predicted octanol–water partition coefficient (Wildman–Crippen LogP) is 8.58. The quantitative estimate of drug-likeness (QED) is 0.243. The van der Waals surface area contributed by atoms with E-state index < -0.39 is 0 Å². The molecular formula is C22H29BrO2S2. The lowest BCUT2D eigenvalue weighted by atomic mass is 9.82. The largest absolute Gasteiger partial charge is 0.481 e. The summed E-state index contributed by atoms with van der Waals surface area (Å²) >= 11 is 7.03. The van der Waals surface area contributed by atoms with Gasteiger partial charge in [0.05, 0.1) is 18.4 Å². The fourth-order valence-corrected chi connectivity index (χ4v) is 6.73. The van der Waals surface area contributed by atoms with Gasteiger partial charge < -0.3 is 4.74 Å². The third-order valence-corrected chi connectivity index (χ3v) is 8.25. The SMILES string of the molecule is CCCCCCC1(CCCCCC)Oc2cc(C=O)sc2-c2sc(Br)cc21. The molecule has 3 heterocycles. The number of carbonyl (C=O) groups excluding carboxylic acids is 1. The second-order valence-electron chi connectivity index (χ2n) is 7.47. The highest BCUT2D eigenvalue weighted by Gasteiger charge is 2.42. The first-order valence-corrected chi connectivity index (χ1v) is 12.6. The molecule has 1 aliphatic rings. The van der Waals surface area contributed by atoms with Crippen LogP contribution < -0.4 is 4.74 Å². The van der Waals surface area contributed by atoms with Gasteiger partial charge in [0.1, 0.15) is 11.4 Å². The van der Waals surface area contributed by atoms with Crippen molar-refractivity contribution in [3.8, 4) is 15.5 Å². The maximum Gasteiger partial charge on any atom is 0.160 e. The first-order chi connectivity index (χ1) is 13.1. The lowest BCUT2D eigenvalue weighted by Crippen LogP contribution is -2.35. The summed E-state index contributed by atoms with van der Waals surface area (Å²) < 4.78 is 7.89. The van der Waals surface area contributed by atoms with Crippen LogP contribution in [0.4, 0.5) is 0 Å². The van der Waals surface area contributed by atoms with Gasteiger partial charge in [0.15, 0.2) is 6.29 Å². The summed E-state index contributed by atoms with van der Waals surface area (Å²) in [6.07, 6.45) is 13.0. The van der Waals surface area contributed by atoms with E-state index in [4.69, 9.17) is 4.74 Å². The summed E-state index contributed by atoms with van der Waals surface area (Å²) in [6.45, 7) is 4.51. The van der Waals surface area contributed by atoms with Gasteiger partial charge in [-0.2, -0.15) is 0 Å². The Balaban J connectivity index is 1.93. The van der Waals surface area contributed by atoms with Crippen LogP contribution in [0.15, 0.2) is 15.9 Å². The van der Waals surface area contributed by atoms with Gasteiger partial charge in [0, 0.05) is 11.6 Å². The van der Waals surface area contributed by atoms with Crippen molar-refractivity contribution < 1.29 is 9.53 Å². The van der Waals surface area contributed by atoms with Gasteiger partial charge in [0.2, 0.25) is 0 Å². The molecule has 0 unspecified atom stereocenters. The van der Waals surface area contributed by atoms with Crippen LogP contribution in [0.1, 0.15) is 93.3 Å². The van der Waals surface area contributed by atoms with Crippen molar-refractivity contribution in [3.63, 3.8) is 0 Å². The molecule has 0 N–H and O–H groups in total. The van der Waals surface area contributed by atoms with E-state index in [1.807, 2.05) is 6.07 Å². The highest BCUT2D eigenvalue weighted by atomic mass is 79.9. The van der Waals surface area contributed by atoms with E-state index in [0.29, 0.717) is 0 Å². The standard InChI is InChI=1S/C22H29BrO2S2/c1-3-5-7-9-11-22(12-10-8-6-4-2)17-14-19(23)27-20(17)21-18(25-22)13-16(15-24)26-21/h13-15H,3-12H2,1-2H3. The zero-order valence-electron chi connectivity index (χ0n) is 16.3. The van der Waals surface area contributed by atoms with Gasteiger partial charge in [-0.15, -0.1) is 22.7 Å². The number of rotatable bonds is 11. The molecule has 0 saturated carbocycles. The Hall–Kier alpha value is -0.650. The van der Waals surface area contributed by atoms with Gasteiger partial charge in [0.25, 0.3) is 0 Å². The monoisotopic (exact) mass is 468 g/mol. The lowest BCUT2D eigenvalue weighted by molar-refractivity contribution is 0.0397.